The summed E-state index contributed by atoms with van der Waals surface area (Å²) in [5.41, 5.74) is 0. The normalized spacial score (nSPS) is 17.6. The van der Waals surface area contributed by atoms with Gasteiger partial charge in [-0.15, -0.1) is 0 Å². The zero-order valence-corrected chi connectivity index (χ0v) is 16.5. The van der Waals surface area contributed by atoms with Gasteiger partial charge < -0.3 is 25.4 Å². The summed E-state index contributed by atoms with van der Waals surface area (Å²) >= 11 is 0. The van der Waals surface area contributed by atoms with Crippen LogP contribution in [0.5, 0.6) is 5.75 Å². The lowest BCUT2D eigenvalue weighted by molar-refractivity contribution is 0.114. The molecular weight excluding hydrogens is 347 g/mol. The number of hydrogen-bond donors (Lipinski definition) is 3. The van der Waals surface area contributed by atoms with Gasteiger partial charge in [0.1, 0.15) is 24.3 Å². The van der Waals surface area contributed by atoms with Gasteiger partial charge in [0.25, 0.3) is 0 Å². The highest BCUT2D eigenvalue weighted by atomic mass is 19.1. The molecule has 27 heavy (non-hydrogen) atoms. The average Bonchev–Trinajstić information content (AvgIpc) is 2.67. The number of hydrogen-bond acceptors (Lipinski definition) is 4. The van der Waals surface area contributed by atoms with Gasteiger partial charge in [-0.05, 0) is 57.0 Å². The van der Waals surface area contributed by atoms with E-state index < -0.39 is 6.10 Å². The van der Waals surface area contributed by atoms with Crippen LogP contribution in [0.25, 0.3) is 0 Å². The maximum atomic E-state index is 12.9. The number of nitrogens with one attached hydrogen (secondary N) is 2. The largest absolute Gasteiger partial charge is 0.491 e. The molecule has 7 heteroatoms. The Hall–Kier alpha value is -1.86. The molecule has 1 fully saturated rings. The van der Waals surface area contributed by atoms with Crippen molar-refractivity contribution in [2.45, 2.75) is 45.3 Å². The number of likely N-dealkylation sites (tertiary alicyclic amines) is 1. The molecule has 1 saturated heterocycles. The fourth-order valence-corrected chi connectivity index (χ4v) is 3.10. The number of benzene rings is 1. The van der Waals surface area contributed by atoms with Crippen LogP contribution in [0.3, 0.4) is 0 Å². The van der Waals surface area contributed by atoms with Crippen molar-refractivity contribution in [3.8, 4) is 5.75 Å². The zero-order chi connectivity index (χ0) is 19.5. The van der Waals surface area contributed by atoms with Crippen LogP contribution in [0, 0.1) is 5.82 Å². The molecule has 0 aliphatic carbocycles. The van der Waals surface area contributed by atoms with Gasteiger partial charge >= 0.3 is 0 Å². The molecule has 1 heterocycles. The van der Waals surface area contributed by atoms with Crippen molar-refractivity contribution >= 4 is 5.96 Å². The van der Waals surface area contributed by atoms with E-state index in [0.717, 1.165) is 38.4 Å². The topological polar surface area (TPSA) is 69.1 Å². The van der Waals surface area contributed by atoms with E-state index in [0.29, 0.717) is 11.8 Å². The van der Waals surface area contributed by atoms with E-state index in [-0.39, 0.29) is 19.0 Å². The van der Waals surface area contributed by atoms with Gasteiger partial charge in [0.15, 0.2) is 5.96 Å². The molecule has 0 spiro atoms. The van der Waals surface area contributed by atoms with Crippen molar-refractivity contribution < 1.29 is 14.2 Å². The molecule has 1 atom stereocenters. The Morgan fingerprint density at radius 3 is 2.63 bits per heavy atom. The second-order valence-corrected chi connectivity index (χ2v) is 6.90. The number of halogens is 1. The Morgan fingerprint density at radius 1 is 1.30 bits per heavy atom. The molecule has 3 N–H and O–H groups in total. The molecule has 1 aromatic rings. The molecule has 0 radical (unpaired) electrons. The third-order valence-corrected chi connectivity index (χ3v) is 4.53. The number of piperidine rings is 1. The van der Waals surface area contributed by atoms with Crippen molar-refractivity contribution in [3.63, 3.8) is 0 Å². The fraction of sp³-hybridized carbons (Fsp3) is 0.650. The van der Waals surface area contributed by atoms with E-state index in [1.165, 1.54) is 25.1 Å². The van der Waals surface area contributed by atoms with Crippen molar-refractivity contribution in [3.05, 3.63) is 30.1 Å². The number of guanidine groups is 1. The zero-order valence-electron chi connectivity index (χ0n) is 16.5. The smallest absolute Gasteiger partial charge is 0.191 e. The van der Waals surface area contributed by atoms with Crippen LogP contribution in [0.15, 0.2) is 29.3 Å². The molecule has 0 saturated carbocycles. The highest BCUT2D eigenvalue weighted by Crippen LogP contribution is 2.12. The van der Waals surface area contributed by atoms with E-state index in [2.05, 4.69) is 27.4 Å². The molecule has 2 rings (SSSR count). The van der Waals surface area contributed by atoms with Crippen molar-refractivity contribution in [1.29, 1.82) is 0 Å². The number of aliphatic imine (C=N–C) groups is 1. The van der Waals surface area contributed by atoms with Gasteiger partial charge in [-0.1, -0.05) is 6.92 Å². The van der Waals surface area contributed by atoms with Crippen LogP contribution in [-0.2, 0) is 0 Å². The van der Waals surface area contributed by atoms with Gasteiger partial charge in [0.05, 0.1) is 6.54 Å². The molecule has 152 valence electrons. The van der Waals surface area contributed by atoms with Crippen LogP contribution < -0.4 is 15.4 Å². The van der Waals surface area contributed by atoms with Crippen LogP contribution >= 0.6 is 0 Å². The highest BCUT2D eigenvalue weighted by Gasteiger charge is 2.19. The number of rotatable bonds is 9. The monoisotopic (exact) mass is 380 g/mol. The maximum absolute atomic E-state index is 12.9. The predicted molar refractivity (Wildman–Crippen MR) is 107 cm³/mol. The summed E-state index contributed by atoms with van der Waals surface area (Å²) in [6, 6.07) is 6.16. The molecule has 0 aromatic heterocycles. The minimum atomic E-state index is -0.725. The lowest BCUT2D eigenvalue weighted by Crippen LogP contribution is -2.49. The summed E-state index contributed by atoms with van der Waals surface area (Å²) < 4.78 is 18.3. The van der Waals surface area contributed by atoms with Crippen molar-refractivity contribution in [1.82, 2.24) is 15.5 Å². The van der Waals surface area contributed by atoms with Gasteiger partial charge in [-0.2, -0.15) is 0 Å². The number of aliphatic hydroxyl groups is 1. The first kappa shape index (κ1) is 21.4. The molecule has 6 nitrogen and oxygen atoms in total. The Balaban J connectivity index is 1.75. The van der Waals surface area contributed by atoms with Gasteiger partial charge in [-0.3, -0.25) is 4.99 Å². The van der Waals surface area contributed by atoms with Crippen molar-refractivity contribution in [2.75, 3.05) is 39.3 Å². The Labute approximate surface area is 161 Å². The first-order valence-electron chi connectivity index (χ1n) is 9.94. The van der Waals surface area contributed by atoms with E-state index >= 15 is 0 Å². The van der Waals surface area contributed by atoms with E-state index in [1.54, 1.807) is 12.1 Å². The third-order valence-electron chi connectivity index (χ3n) is 4.53. The summed E-state index contributed by atoms with van der Waals surface area (Å²) in [5, 5.41) is 16.8. The van der Waals surface area contributed by atoms with Gasteiger partial charge in [-0.25, -0.2) is 4.39 Å². The SMILES string of the molecule is CCCN1CCC(NC(=NCC(O)COc2ccc(F)cc2)NCC)CC1. The molecule has 1 aromatic carbocycles. The summed E-state index contributed by atoms with van der Waals surface area (Å²) in [4.78, 5) is 6.98. The maximum Gasteiger partial charge on any atom is 0.191 e. The number of ether oxygens (including phenoxy) is 1. The number of nitrogens with zero attached hydrogens (tertiary/aromatic N) is 2. The first-order valence-corrected chi connectivity index (χ1v) is 9.94. The lowest BCUT2D eigenvalue weighted by atomic mass is 10.1. The average molecular weight is 381 g/mol. The van der Waals surface area contributed by atoms with Crippen LogP contribution in [0.1, 0.15) is 33.1 Å². The second-order valence-electron chi connectivity index (χ2n) is 6.90. The highest BCUT2D eigenvalue weighted by molar-refractivity contribution is 5.80. The molecule has 0 bridgehead atoms. The minimum absolute atomic E-state index is 0.115. The standard InChI is InChI=1S/C20H33FN4O2/c1-3-11-25-12-9-17(10-13-25)24-20(22-4-2)23-14-18(26)15-27-19-7-5-16(21)6-8-19/h5-8,17-18,26H,3-4,9-15H2,1-2H3,(H2,22,23,24). The van der Waals surface area contributed by atoms with Crippen molar-refractivity contribution in [2.24, 2.45) is 4.99 Å². The molecule has 1 aliphatic rings. The van der Waals surface area contributed by atoms with E-state index in [4.69, 9.17) is 4.74 Å². The molecule has 1 aliphatic heterocycles. The van der Waals surface area contributed by atoms with Gasteiger partial charge in [0.2, 0.25) is 0 Å². The lowest BCUT2D eigenvalue weighted by Gasteiger charge is -2.32. The Kier molecular flexibility index (Phi) is 9.35. The Morgan fingerprint density at radius 2 is 2.00 bits per heavy atom. The Bertz CT molecular complexity index is 560. The molecular formula is C20H33FN4O2. The second kappa shape index (κ2) is 11.8. The van der Waals surface area contributed by atoms with E-state index in [9.17, 15) is 9.50 Å². The summed E-state index contributed by atoms with van der Waals surface area (Å²) in [6.45, 7) is 8.75. The van der Waals surface area contributed by atoms with Crippen LogP contribution in [0.4, 0.5) is 4.39 Å². The summed E-state index contributed by atoms with van der Waals surface area (Å²) in [7, 11) is 0. The number of aliphatic hydroxyl groups excluding tert-OH is 1. The summed E-state index contributed by atoms with van der Waals surface area (Å²) in [5.74, 6) is 0.949. The van der Waals surface area contributed by atoms with Crippen LogP contribution in [0.2, 0.25) is 0 Å². The minimum Gasteiger partial charge on any atom is -0.491 e. The first-order chi connectivity index (χ1) is 13.1. The fourth-order valence-electron chi connectivity index (χ4n) is 3.10. The van der Waals surface area contributed by atoms with Crippen LogP contribution in [-0.4, -0.2) is 67.4 Å². The third kappa shape index (κ3) is 8.13. The van der Waals surface area contributed by atoms with E-state index in [1.807, 2.05) is 6.92 Å². The van der Waals surface area contributed by atoms with Gasteiger partial charge in [0, 0.05) is 25.7 Å². The molecule has 1 unspecified atom stereocenters. The quantitative estimate of drug-likeness (QED) is 0.452. The predicted octanol–water partition coefficient (Wildman–Crippen LogP) is 1.99. The summed E-state index contributed by atoms with van der Waals surface area (Å²) in [6.07, 6.45) is 2.67. The molecule has 0 amide bonds.